The molecule has 0 bridgehead atoms. The second-order valence-electron chi connectivity index (χ2n) is 4.71. The monoisotopic (exact) mass is 296 g/mol. The predicted molar refractivity (Wildman–Crippen MR) is 81.4 cm³/mol. The zero-order chi connectivity index (χ0) is 14.5. The number of halogens is 1. The molecule has 2 rings (SSSR count). The Balaban J connectivity index is 2.09. The maximum atomic E-state index is 6.13. The highest BCUT2D eigenvalue weighted by Crippen LogP contribution is 2.21. The van der Waals surface area contributed by atoms with E-state index in [-0.39, 0.29) is 0 Å². The Kier molecular flexibility index (Phi) is 5.14. The van der Waals surface area contributed by atoms with Crippen molar-refractivity contribution in [3.05, 3.63) is 17.0 Å². The van der Waals surface area contributed by atoms with E-state index in [2.05, 4.69) is 39.1 Å². The minimum atomic E-state index is 0.467. The van der Waals surface area contributed by atoms with Gasteiger partial charge in [-0.1, -0.05) is 25.4 Å². The smallest absolute Gasteiger partial charge is 0.255 e. The Labute approximate surface area is 124 Å². The van der Waals surface area contributed by atoms with Crippen LogP contribution in [-0.2, 0) is 0 Å². The van der Waals surface area contributed by atoms with Crippen LogP contribution in [-0.4, -0.2) is 50.7 Å². The molecule has 6 nitrogen and oxygen atoms in total. The number of aromatic nitrogens is 4. The van der Waals surface area contributed by atoms with E-state index in [1.807, 2.05) is 6.92 Å². The standard InChI is InChI=1S/C13H21ClN6/c1-4-7-19(5-2)8-6-15-12-10(3)11(14)18-13-16-9-17-20(12)13/h9,15H,4-8H2,1-3H3. The lowest BCUT2D eigenvalue weighted by Gasteiger charge is -2.20. The Morgan fingerprint density at radius 3 is 2.85 bits per heavy atom. The average molecular weight is 297 g/mol. The van der Waals surface area contributed by atoms with Gasteiger partial charge < -0.3 is 10.2 Å². The van der Waals surface area contributed by atoms with Crippen LogP contribution in [0.4, 0.5) is 5.82 Å². The first-order valence-corrected chi connectivity index (χ1v) is 7.37. The normalized spacial score (nSPS) is 11.4. The van der Waals surface area contributed by atoms with Crippen molar-refractivity contribution in [2.75, 3.05) is 31.5 Å². The predicted octanol–water partition coefficient (Wildman–Crippen LogP) is 2.23. The highest BCUT2D eigenvalue weighted by atomic mass is 35.5. The number of hydrogen-bond acceptors (Lipinski definition) is 5. The van der Waals surface area contributed by atoms with Gasteiger partial charge in [0, 0.05) is 18.7 Å². The summed E-state index contributed by atoms with van der Waals surface area (Å²) < 4.78 is 1.69. The van der Waals surface area contributed by atoms with Gasteiger partial charge in [-0.25, -0.2) is 0 Å². The maximum absolute atomic E-state index is 6.13. The van der Waals surface area contributed by atoms with Crippen LogP contribution in [0.3, 0.4) is 0 Å². The van der Waals surface area contributed by atoms with Gasteiger partial charge in [0.1, 0.15) is 17.3 Å². The molecular formula is C13H21ClN6. The number of likely N-dealkylation sites (N-methyl/N-ethyl adjacent to an activating group) is 1. The lowest BCUT2D eigenvalue weighted by molar-refractivity contribution is 0.300. The van der Waals surface area contributed by atoms with Gasteiger partial charge >= 0.3 is 0 Å². The fourth-order valence-electron chi connectivity index (χ4n) is 2.18. The third-order valence-corrected chi connectivity index (χ3v) is 3.68. The summed E-state index contributed by atoms with van der Waals surface area (Å²) in [5.74, 6) is 1.38. The van der Waals surface area contributed by atoms with Crippen molar-refractivity contribution < 1.29 is 0 Å². The molecular weight excluding hydrogens is 276 g/mol. The van der Waals surface area contributed by atoms with Crippen molar-refractivity contribution in [3.8, 4) is 0 Å². The quantitative estimate of drug-likeness (QED) is 0.794. The molecule has 0 aromatic carbocycles. The van der Waals surface area contributed by atoms with Crippen molar-refractivity contribution in [1.29, 1.82) is 0 Å². The number of hydrogen-bond donors (Lipinski definition) is 1. The van der Waals surface area contributed by atoms with Crippen LogP contribution < -0.4 is 5.32 Å². The van der Waals surface area contributed by atoms with E-state index < -0.39 is 0 Å². The molecule has 0 aliphatic carbocycles. The summed E-state index contributed by atoms with van der Waals surface area (Å²) in [6.45, 7) is 10.3. The van der Waals surface area contributed by atoms with E-state index in [0.29, 0.717) is 10.9 Å². The van der Waals surface area contributed by atoms with Crippen molar-refractivity contribution in [1.82, 2.24) is 24.5 Å². The van der Waals surface area contributed by atoms with Gasteiger partial charge in [0.2, 0.25) is 0 Å². The van der Waals surface area contributed by atoms with Gasteiger partial charge in [0.15, 0.2) is 0 Å². The average Bonchev–Trinajstić information content (AvgIpc) is 2.89. The molecule has 2 aromatic rings. The molecule has 0 saturated carbocycles. The highest BCUT2D eigenvalue weighted by molar-refractivity contribution is 6.30. The highest BCUT2D eigenvalue weighted by Gasteiger charge is 2.12. The first-order chi connectivity index (χ1) is 9.67. The van der Waals surface area contributed by atoms with Gasteiger partial charge in [0.05, 0.1) is 0 Å². The van der Waals surface area contributed by atoms with E-state index in [4.69, 9.17) is 11.6 Å². The molecule has 7 heteroatoms. The Hall–Kier alpha value is -1.40. The molecule has 0 amide bonds. The molecule has 20 heavy (non-hydrogen) atoms. The molecule has 110 valence electrons. The molecule has 0 atom stereocenters. The second kappa shape index (κ2) is 6.85. The molecule has 0 aliphatic heterocycles. The lowest BCUT2D eigenvalue weighted by atomic mass is 10.3. The Morgan fingerprint density at radius 1 is 1.35 bits per heavy atom. The summed E-state index contributed by atoms with van der Waals surface area (Å²) in [5.41, 5.74) is 0.892. The molecule has 0 radical (unpaired) electrons. The number of nitrogens with zero attached hydrogens (tertiary/aromatic N) is 5. The topological polar surface area (TPSA) is 58.3 Å². The second-order valence-corrected chi connectivity index (χ2v) is 5.07. The maximum Gasteiger partial charge on any atom is 0.255 e. The third kappa shape index (κ3) is 3.19. The van der Waals surface area contributed by atoms with Gasteiger partial charge in [-0.05, 0) is 26.4 Å². The van der Waals surface area contributed by atoms with Crippen LogP contribution in [0.5, 0.6) is 0 Å². The molecule has 0 fully saturated rings. The molecule has 2 aromatic heterocycles. The van der Waals surface area contributed by atoms with Crippen LogP contribution in [0, 0.1) is 6.92 Å². The van der Waals surface area contributed by atoms with Crippen molar-refractivity contribution in [2.45, 2.75) is 27.2 Å². The molecule has 1 N–H and O–H groups in total. The molecule has 0 unspecified atom stereocenters. The zero-order valence-electron chi connectivity index (χ0n) is 12.2. The number of anilines is 1. The van der Waals surface area contributed by atoms with Crippen LogP contribution in [0.2, 0.25) is 5.15 Å². The first-order valence-electron chi connectivity index (χ1n) is 6.99. The minimum absolute atomic E-state index is 0.467. The molecule has 0 spiro atoms. The van der Waals surface area contributed by atoms with Crippen molar-refractivity contribution in [2.24, 2.45) is 0 Å². The summed E-state index contributed by atoms with van der Waals surface area (Å²) >= 11 is 6.13. The van der Waals surface area contributed by atoms with E-state index in [0.717, 1.165) is 37.6 Å². The van der Waals surface area contributed by atoms with Crippen molar-refractivity contribution >= 4 is 23.2 Å². The summed E-state index contributed by atoms with van der Waals surface area (Å²) in [7, 11) is 0. The molecule has 2 heterocycles. The van der Waals surface area contributed by atoms with E-state index in [1.165, 1.54) is 12.7 Å². The van der Waals surface area contributed by atoms with Gasteiger partial charge in [-0.2, -0.15) is 19.6 Å². The van der Waals surface area contributed by atoms with Crippen LogP contribution in [0.15, 0.2) is 6.33 Å². The number of rotatable bonds is 7. The summed E-state index contributed by atoms with van der Waals surface area (Å²) in [4.78, 5) is 10.7. The van der Waals surface area contributed by atoms with Gasteiger partial charge in [-0.15, -0.1) is 0 Å². The van der Waals surface area contributed by atoms with Gasteiger partial charge in [0.25, 0.3) is 5.78 Å². The molecule has 0 aliphatic rings. The molecule has 0 saturated heterocycles. The summed E-state index contributed by atoms with van der Waals surface area (Å²) in [6.07, 6.45) is 2.65. The lowest BCUT2D eigenvalue weighted by Crippen LogP contribution is -2.30. The van der Waals surface area contributed by atoms with Crippen LogP contribution >= 0.6 is 11.6 Å². The summed E-state index contributed by atoms with van der Waals surface area (Å²) in [5, 5.41) is 8.05. The minimum Gasteiger partial charge on any atom is -0.368 e. The Bertz CT molecular complexity index is 567. The fraction of sp³-hybridized carbons (Fsp3) is 0.615. The fourth-order valence-corrected chi connectivity index (χ4v) is 2.35. The number of fused-ring (bicyclic) bond motifs is 1. The summed E-state index contributed by atoms with van der Waals surface area (Å²) in [6, 6.07) is 0. The van der Waals surface area contributed by atoms with E-state index in [9.17, 15) is 0 Å². The SMILES string of the molecule is CCCN(CC)CCNc1c(C)c(Cl)nc2ncnn12. The first kappa shape index (κ1) is 15.0. The largest absolute Gasteiger partial charge is 0.368 e. The van der Waals surface area contributed by atoms with Crippen LogP contribution in [0.1, 0.15) is 25.8 Å². The van der Waals surface area contributed by atoms with E-state index in [1.54, 1.807) is 4.52 Å². The zero-order valence-corrected chi connectivity index (χ0v) is 13.0. The number of nitrogens with one attached hydrogen (secondary N) is 1. The third-order valence-electron chi connectivity index (χ3n) is 3.31. The van der Waals surface area contributed by atoms with Crippen molar-refractivity contribution in [3.63, 3.8) is 0 Å². The van der Waals surface area contributed by atoms with E-state index >= 15 is 0 Å². The van der Waals surface area contributed by atoms with Gasteiger partial charge in [-0.3, -0.25) is 0 Å². The Morgan fingerprint density at radius 2 is 2.15 bits per heavy atom. The van der Waals surface area contributed by atoms with Crippen LogP contribution in [0.25, 0.3) is 5.78 Å².